The number of nitrogens with one attached hydrogen (secondary N) is 4. The second kappa shape index (κ2) is 14.7. The second-order valence-electron chi connectivity index (χ2n) is 15.3. The highest BCUT2D eigenvalue weighted by Crippen LogP contribution is 2.60. The summed E-state index contributed by atoms with van der Waals surface area (Å²) >= 11 is 0. The lowest BCUT2D eigenvalue weighted by molar-refractivity contribution is -0.146. The maximum atomic E-state index is 15.1. The fraction of sp³-hybridized carbons (Fsp3) is 0.475. The Hall–Kier alpha value is -4.07. The molecular weight excluding hydrogens is 675 g/mol. The molecule has 52 heavy (non-hydrogen) atoms. The van der Waals surface area contributed by atoms with Gasteiger partial charge in [-0.15, -0.1) is 0 Å². The van der Waals surface area contributed by atoms with Gasteiger partial charge in [0.1, 0.15) is 5.75 Å². The Morgan fingerprint density at radius 1 is 0.942 bits per heavy atom. The summed E-state index contributed by atoms with van der Waals surface area (Å²) in [5, 5.41) is 24.1. The van der Waals surface area contributed by atoms with E-state index >= 15 is 4.79 Å². The molecule has 0 aliphatic carbocycles. The van der Waals surface area contributed by atoms with Gasteiger partial charge in [-0.3, -0.25) is 14.4 Å². The summed E-state index contributed by atoms with van der Waals surface area (Å²) in [6, 6.07) is 21.1. The topological polar surface area (TPSA) is 141 Å². The molecule has 5 N–H and O–H groups in total. The molecule has 3 aromatic rings. The van der Waals surface area contributed by atoms with Crippen LogP contribution in [0.1, 0.15) is 50.2 Å². The van der Waals surface area contributed by atoms with Crippen LogP contribution in [0.3, 0.4) is 0 Å². The third-order valence-corrected chi connectivity index (χ3v) is 16.2. The molecule has 7 rings (SSSR count). The number of carbonyl (C=O) groups is 3. The van der Waals surface area contributed by atoms with Crippen molar-refractivity contribution in [2.75, 3.05) is 42.3 Å². The third-order valence-electron chi connectivity index (χ3n) is 11.8. The zero-order chi connectivity index (χ0) is 36.6. The number of benzene rings is 3. The highest BCUT2D eigenvalue weighted by Gasteiger charge is 2.66. The third kappa shape index (κ3) is 6.55. The van der Waals surface area contributed by atoms with Crippen LogP contribution in [0.4, 0.5) is 17.1 Å². The van der Waals surface area contributed by atoms with Crippen molar-refractivity contribution >= 4 is 48.0 Å². The van der Waals surface area contributed by atoms with Gasteiger partial charge in [0.15, 0.2) is 5.60 Å². The van der Waals surface area contributed by atoms with E-state index in [1.807, 2.05) is 54.6 Å². The van der Waals surface area contributed by atoms with E-state index < -0.39 is 13.7 Å². The number of nitrogens with zero attached hydrogens (tertiary/aromatic N) is 1. The van der Waals surface area contributed by atoms with Gasteiger partial charge < -0.3 is 40.7 Å². The first kappa shape index (κ1) is 36.3. The summed E-state index contributed by atoms with van der Waals surface area (Å²) in [6.07, 6.45) is 3.58. The Balaban J connectivity index is 1.23. The van der Waals surface area contributed by atoms with Crippen molar-refractivity contribution in [3.8, 4) is 5.75 Å². The second-order valence-corrected chi connectivity index (χ2v) is 20.0. The Morgan fingerprint density at radius 2 is 1.56 bits per heavy atom. The SMILES string of the molecule is COc1ccc([Si](C)(C)[C@@H]2[C@@H](CCO)O[C@]3(C(=O)N(Cc4ccc(NC(=O)[C@H]5CCCN5)cc4)c4ccc(NC(=O)[C@H]5CCCN5)cc43)[C@H]2C)cc1. The van der Waals surface area contributed by atoms with E-state index in [0.717, 1.165) is 61.3 Å². The van der Waals surface area contributed by atoms with Gasteiger partial charge in [0.2, 0.25) is 11.8 Å². The first-order valence-electron chi connectivity index (χ1n) is 18.6. The standard InChI is InChI=1S/C40H51N5O6Si/c1-25-36(52(3,4)30-16-14-29(50-2)15-17-30)35(19-22-46)51-40(25)31-23-28(44-38(48)33-8-6-21-42-33)13-18-34(31)45(39(40)49)24-26-9-11-27(12-10-26)43-37(47)32-7-5-20-41-32/h9-18,23,25,32-33,35-36,41-42,46H,5-8,19-22,24H2,1-4H3,(H,43,47)(H,44,48)/t25-,32+,33+,35+,36-,40+/m0/s1. The Kier molecular flexibility index (Phi) is 10.3. The predicted octanol–water partition coefficient (Wildman–Crippen LogP) is 4.22. The lowest BCUT2D eigenvalue weighted by Gasteiger charge is -2.37. The molecule has 11 nitrogen and oxygen atoms in total. The highest BCUT2D eigenvalue weighted by atomic mass is 28.3. The molecule has 276 valence electrons. The summed E-state index contributed by atoms with van der Waals surface area (Å²) in [5.74, 6) is 0.265. The molecule has 4 aliphatic rings. The number of hydrogen-bond acceptors (Lipinski definition) is 8. The van der Waals surface area contributed by atoms with E-state index in [-0.39, 0.29) is 54.0 Å². The summed E-state index contributed by atoms with van der Waals surface area (Å²) in [5.41, 5.74) is 2.38. The molecule has 3 saturated heterocycles. The number of carbonyl (C=O) groups excluding carboxylic acids is 3. The zero-order valence-electron chi connectivity index (χ0n) is 30.5. The van der Waals surface area contributed by atoms with E-state index in [9.17, 15) is 14.7 Å². The smallest absolute Gasteiger partial charge is 0.264 e. The molecule has 3 amide bonds. The van der Waals surface area contributed by atoms with E-state index in [1.54, 1.807) is 12.0 Å². The largest absolute Gasteiger partial charge is 0.497 e. The van der Waals surface area contributed by atoms with Crippen LogP contribution in [0.15, 0.2) is 66.7 Å². The van der Waals surface area contributed by atoms with E-state index in [0.29, 0.717) is 24.3 Å². The number of rotatable bonds is 11. The number of amides is 3. The summed E-state index contributed by atoms with van der Waals surface area (Å²) in [4.78, 5) is 42.8. The number of anilines is 3. The molecule has 0 radical (unpaired) electrons. The van der Waals surface area contributed by atoms with Crippen molar-refractivity contribution in [2.45, 2.75) is 88.0 Å². The predicted molar refractivity (Wildman–Crippen MR) is 205 cm³/mol. The fourth-order valence-electron chi connectivity index (χ4n) is 9.10. The van der Waals surface area contributed by atoms with Crippen LogP contribution < -0.4 is 36.1 Å². The normalized spacial score (nSPS) is 26.9. The molecule has 4 aliphatic heterocycles. The van der Waals surface area contributed by atoms with Gasteiger partial charge in [0.25, 0.3) is 5.91 Å². The Labute approximate surface area is 306 Å². The molecule has 0 aromatic heterocycles. The molecule has 12 heteroatoms. The molecule has 0 unspecified atom stereocenters. The number of hydrogen-bond donors (Lipinski definition) is 5. The molecule has 4 heterocycles. The molecule has 3 fully saturated rings. The average Bonchev–Trinajstić information content (AvgIpc) is 3.96. The highest BCUT2D eigenvalue weighted by molar-refractivity contribution is 6.91. The number of aliphatic hydroxyl groups excluding tert-OH is 1. The van der Waals surface area contributed by atoms with Crippen molar-refractivity contribution in [3.63, 3.8) is 0 Å². The quantitative estimate of drug-likeness (QED) is 0.185. The van der Waals surface area contributed by atoms with Gasteiger partial charge in [-0.2, -0.15) is 0 Å². The maximum Gasteiger partial charge on any atom is 0.264 e. The Morgan fingerprint density at radius 3 is 2.13 bits per heavy atom. The number of aliphatic hydroxyl groups is 1. The van der Waals surface area contributed by atoms with Gasteiger partial charge in [0.05, 0.1) is 45.6 Å². The van der Waals surface area contributed by atoms with E-state index in [4.69, 9.17) is 9.47 Å². The number of fused-ring (bicyclic) bond motifs is 2. The molecule has 6 atom stereocenters. The van der Waals surface area contributed by atoms with Gasteiger partial charge in [-0.1, -0.05) is 49.5 Å². The van der Waals surface area contributed by atoms with Crippen molar-refractivity contribution in [1.82, 2.24) is 10.6 Å². The van der Waals surface area contributed by atoms with Crippen LogP contribution in [0.25, 0.3) is 0 Å². The van der Waals surface area contributed by atoms with Gasteiger partial charge >= 0.3 is 0 Å². The first-order chi connectivity index (χ1) is 25.1. The lowest BCUT2D eigenvalue weighted by Crippen LogP contribution is -2.51. The summed E-state index contributed by atoms with van der Waals surface area (Å²) in [7, 11) is -0.698. The Bertz CT molecular complexity index is 1790. The molecule has 3 aromatic carbocycles. The van der Waals surface area contributed by atoms with Crippen LogP contribution >= 0.6 is 0 Å². The molecule has 0 saturated carbocycles. The monoisotopic (exact) mass is 725 g/mol. The first-order valence-corrected chi connectivity index (χ1v) is 21.7. The summed E-state index contributed by atoms with van der Waals surface area (Å²) in [6.45, 7) is 8.65. The van der Waals surface area contributed by atoms with Crippen molar-refractivity contribution in [1.29, 1.82) is 0 Å². The average molecular weight is 726 g/mol. The number of ether oxygens (including phenoxy) is 2. The van der Waals surface area contributed by atoms with Crippen LogP contribution in [0.2, 0.25) is 18.6 Å². The minimum atomic E-state index is -2.35. The molecular formula is C40H51N5O6Si. The number of methoxy groups -OCH3 is 1. The van der Waals surface area contributed by atoms with Gasteiger partial charge in [-0.25, -0.2) is 0 Å². The van der Waals surface area contributed by atoms with Crippen LogP contribution in [-0.4, -0.2) is 75.9 Å². The van der Waals surface area contributed by atoms with Crippen molar-refractivity contribution in [3.05, 3.63) is 77.9 Å². The van der Waals surface area contributed by atoms with Crippen LogP contribution in [0, 0.1) is 5.92 Å². The van der Waals surface area contributed by atoms with Crippen LogP contribution in [0.5, 0.6) is 5.75 Å². The lowest BCUT2D eigenvalue weighted by atomic mass is 9.82. The molecule has 0 bridgehead atoms. The van der Waals surface area contributed by atoms with Gasteiger partial charge in [-0.05, 0) is 98.8 Å². The molecule has 1 spiro atoms. The van der Waals surface area contributed by atoms with Crippen molar-refractivity contribution in [2.24, 2.45) is 5.92 Å². The minimum Gasteiger partial charge on any atom is -0.497 e. The maximum absolute atomic E-state index is 15.1. The summed E-state index contributed by atoms with van der Waals surface area (Å²) < 4.78 is 12.5. The van der Waals surface area contributed by atoms with E-state index in [1.165, 1.54) is 5.19 Å². The van der Waals surface area contributed by atoms with Gasteiger partial charge in [0, 0.05) is 29.5 Å². The zero-order valence-corrected chi connectivity index (χ0v) is 31.5. The fourth-order valence-corrected chi connectivity index (χ4v) is 13.2. The minimum absolute atomic E-state index is 0.0111. The van der Waals surface area contributed by atoms with E-state index in [2.05, 4.69) is 53.4 Å². The van der Waals surface area contributed by atoms with Crippen LogP contribution in [-0.2, 0) is 31.3 Å². The van der Waals surface area contributed by atoms with Crippen molar-refractivity contribution < 1.29 is 29.0 Å².